The van der Waals surface area contributed by atoms with Gasteiger partial charge in [-0.3, -0.25) is 4.98 Å². The zero-order valence-electron chi connectivity index (χ0n) is 8.68. The first-order valence-corrected chi connectivity index (χ1v) is 5.90. The maximum atomic E-state index is 4.11. The molecule has 2 rings (SSSR count). The second-order valence-corrected chi connectivity index (χ2v) is 4.50. The lowest BCUT2D eigenvalue weighted by Gasteiger charge is -2.12. The molecule has 0 aromatic carbocycles. The third-order valence-electron chi connectivity index (χ3n) is 2.35. The molecule has 3 heteroatoms. The first kappa shape index (κ1) is 10.3. The average molecular weight is 218 g/mol. The fraction of sp³-hybridized carbons (Fsp3) is 0.250. The first-order chi connectivity index (χ1) is 7.36. The number of rotatable bonds is 4. The van der Waals surface area contributed by atoms with Crippen LogP contribution in [0.1, 0.15) is 23.4 Å². The summed E-state index contributed by atoms with van der Waals surface area (Å²) in [5, 5.41) is 5.57. The maximum absolute atomic E-state index is 4.11. The summed E-state index contributed by atoms with van der Waals surface area (Å²) in [5.41, 5.74) is 1.23. The van der Waals surface area contributed by atoms with E-state index < -0.39 is 0 Å². The van der Waals surface area contributed by atoms with Crippen molar-refractivity contribution in [2.45, 2.75) is 19.5 Å². The van der Waals surface area contributed by atoms with E-state index in [2.05, 4.69) is 40.8 Å². The van der Waals surface area contributed by atoms with Crippen LogP contribution in [0.4, 0.5) is 0 Å². The van der Waals surface area contributed by atoms with E-state index in [4.69, 9.17) is 0 Å². The molecule has 0 saturated carbocycles. The predicted octanol–water partition coefficient (Wildman–Crippen LogP) is 2.99. The second-order valence-electron chi connectivity index (χ2n) is 3.47. The van der Waals surface area contributed by atoms with E-state index in [1.54, 1.807) is 17.5 Å². The lowest BCUT2D eigenvalue weighted by Crippen LogP contribution is -2.17. The minimum absolute atomic E-state index is 0.348. The third-order valence-corrected chi connectivity index (χ3v) is 3.22. The van der Waals surface area contributed by atoms with Crippen molar-refractivity contribution in [1.29, 1.82) is 0 Å². The van der Waals surface area contributed by atoms with Crippen LogP contribution in [0.2, 0.25) is 0 Å². The number of thiophene rings is 1. The van der Waals surface area contributed by atoms with Gasteiger partial charge in [0.15, 0.2) is 0 Å². The van der Waals surface area contributed by atoms with Gasteiger partial charge in [-0.05, 0) is 30.0 Å². The summed E-state index contributed by atoms with van der Waals surface area (Å²) >= 11 is 1.78. The van der Waals surface area contributed by atoms with Crippen LogP contribution in [0, 0.1) is 0 Å². The Hall–Kier alpha value is -1.19. The van der Waals surface area contributed by atoms with Gasteiger partial charge in [-0.15, -0.1) is 11.3 Å². The van der Waals surface area contributed by atoms with E-state index in [-0.39, 0.29) is 0 Å². The Kier molecular flexibility index (Phi) is 3.48. The lowest BCUT2D eigenvalue weighted by atomic mass is 10.1. The molecule has 2 aromatic rings. The van der Waals surface area contributed by atoms with Crippen LogP contribution < -0.4 is 5.32 Å². The molecule has 2 aromatic heterocycles. The van der Waals surface area contributed by atoms with Gasteiger partial charge in [-0.2, -0.15) is 0 Å². The number of pyridine rings is 1. The van der Waals surface area contributed by atoms with E-state index in [1.807, 2.05) is 12.3 Å². The minimum Gasteiger partial charge on any atom is -0.305 e. The van der Waals surface area contributed by atoms with Gasteiger partial charge >= 0.3 is 0 Å². The van der Waals surface area contributed by atoms with E-state index >= 15 is 0 Å². The normalized spacial score (nSPS) is 12.6. The molecular weight excluding hydrogens is 204 g/mol. The summed E-state index contributed by atoms with van der Waals surface area (Å²) in [7, 11) is 0. The fourth-order valence-corrected chi connectivity index (χ4v) is 2.07. The summed E-state index contributed by atoms with van der Waals surface area (Å²) in [6, 6.07) is 8.64. The highest BCUT2D eigenvalue weighted by Crippen LogP contribution is 2.13. The van der Waals surface area contributed by atoms with Crippen LogP contribution in [-0.2, 0) is 6.54 Å². The largest absolute Gasteiger partial charge is 0.305 e. The molecule has 0 spiro atoms. The standard InChI is InChI=1S/C12H14N2S/c1-10(11-4-2-6-13-8-11)14-9-12-5-3-7-15-12/h2-8,10,14H,9H2,1H3/t10-/m0/s1. The Balaban J connectivity index is 1.90. The minimum atomic E-state index is 0.348. The second kappa shape index (κ2) is 5.05. The van der Waals surface area contributed by atoms with Gasteiger partial charge in [-0.1, -0.05) is 12.1 Å². The molecule has 1 atom stereocenters. The average Bonchev–Trinajstić information content (AvgIpc) is 2.80. The van der Waals surface area contributed by atoms with Gasteiger partial charge in [0.05, 0.1) is 0 Å². The van der Waals surface area contributed by atoms with Crippen molar-refractivity contribution in [1.82, 2.24) is 10.3 Å². The summed E-state index contributed by atoms with van der Waals surface area (Å²) in [6.45, 7) is 3.08. The molecule has 0 unspecified atom stereocenters. The SMILES string of the molecule is C[C@H](NCc1cccs1)c1cccnc1. The highest BCUT2D eigenvalue weighted by molar-refractivity contribution is 7.09. The summed E-state index contributed by atoms with van der Waals surface area (Å²) in [4.78, 5) is 5.48. The lowest BCUT2D eigenvalue weighted by molar-refractivity contribution is 0.577. The van der Waals surface area contributed by atoms with Gasteiger partial charge in [0.25, 0.3) is 0 Å². The van der Waals surface area contributed by atoms with Crippen molar-refractivity contribution in [2.24, 2.45) is 0 Å². The number of hydrogen-bond acceptors (Lipinski definition) is 3. The molecule has 0 fully saturated rings. The highest BCUT2D eigenvalue weighted by Gasteiger charge is 2.04. The van der Waals surface area contributed by atoms with Crippen LogP contribution in [0.5, 0.6) is 0 Å². The van der Waals surface area contributed by atoms with Gasteiger partial charge in [0.1, 0.15) is 0 Å². The number of nitrogens with one attached hydrogen (secondary N) is 1. The quantitative estimate of drug-likeness (QED) is 0.853. The number of hydrogen-bond donors (Lipinski definition) is 1. The molecule has 0 aliphatic rings. The summed E-state index contributed by atoms with van der Waals surface area (Å²) in [6.07, 6.45) is 3.71. The van der Waals surface area contributed by atoms with Crippen molar-refractivity contribution in [3.05, 3.63) is 52.5 Å². The topological polar surface area (TPSA) is 24.9 Å². The third kappa shape index (κ3) is 2.88. The van der Waals surface area contributed by atoms with Crippen LogP contribution in [-0.4, -0.2) is 4.98 Å². The summed E-state index contributed by atoms with van der Waals surface area (Å²) in [5.74, 6) is 0. The van der Waals surface area contributed by atoms with Crippen molar-refractivity contribution in [3.63, 3.8) is 0 Å². The van der Waals surface area contributed by atoms with Crippen molar-refractivity contribution in [3.8, 4) is 0 Å². The molecule has 2 nitrogen and oxygen atoms in total. The zero-order chi connectivity index (χ0) is 10.5. The molecule has 1 N–H and O–H groups in total. The molecule has 15 heavy (non-hydrogen) atoms. The Morgan fingerprint density at radius 3 is 3.00 bits per heavy atom. The molecular formula is C12H14N2S. The maximum Gasteiger partial charge on any atom is 0.0315 e. The van der Waals surface area contributed by atoms with E-state index in [1.165, 1.54) is 10.4 Å². The number of nitrogens with zero attached hydrogens (tertiary/aromatic N) is 1. The number of aromatic nitrogens is 1. The van der Waals surface area contributed by atoms with Gasteiger partial charge < -0.3 is 5.32 Å². The Morgan fingerprint density at radius 1 is 1.40 bits per heavy atom. The molecule has 0 aliphatic carbocycles. The summed E-state index contributed by atoms with van der Waals surface area (Å²) < 4.78 is 0. The van der Waals surface area contributed by atoms with Crippen LogP contribution in [0.15, 0.2) is 42.0 Å². The van der Waals surface area contributed by atoms with Gasteiger partial charge in [-0.25, -0.2) is 0 Å². The van der Waals surface area contributed by atoms with Crippen LogP contribution in [0.3, 0.4) is 0 Å². The van der Waals surface area contributed by atoms with Crippen molar-refractivity contribution < 1.29 is 0 Å². The Bertz CT molecular complexity index is 383. The molecule has 0 saturated heterocycles. The van der Waals surface area contributed by atoms with E-state index in [0.29, 0.717) is 6.04 Å². The molecule has 2 heterocycles. The molecule has 0 radical (unpaired) electrons. The van der Waals surface area contributed by atoms with E-state index in [9.17, 15) is 0 Å². The zero-order valence-corrected chi connectivity index (χ0v) is 9.50. The predicted molar refractivity (Wildman–Crippen MR) is 63.8 cm³/mol. The van der Waals surface area contributed by atoms with Crippen LogP contribution in [0.25, 0.3) is 0 Å². The van der Waals surface area contributed by atoms with E-state index in [0.717, 1.165) is 6.54 Å². The molecule has 0 bridgehead atoms. The van der Waals surface area contributed by atoms with Gasteiger partial charge in [0.2, 0.25) is 0 Å². The van der Waals surface area contributed by atoms with Gasteiger partial charge in [0, 0.05) is 29.9 Å². The van der Waals surface area contributed by atoms with Crippen molar-refractivity contribution in [2.75, 3.05) is 0 Å². The smallest absolute Gasteiger partial charge is 0.0315 e. The highest BCUT2D eigenvalue weighted by atomic mass is 32.1. The Labute approximate surface area is 94.0 Å². The fourth-order valence-electron chi connectivity index (χ4n) is 1.42. The van der Waals surface area contributed by atoms with Crippen molar-refractivity contribution >= 4 is 11.3 Å². The molecule has 0 aliphatic heterocycles. The Morgan fingerprint density at radius 2 is 2.33 bits per heavy atom. The monoisotopic (exact) mass is 218 g/mol. The molecule has 0 amide bonds. The first-order valence-electron chi connectivity index (χ1n) is 5.02. The van der Waals surface area contributed by atoms with Crippen LogP contribution >= 0.6 is 11.3 Å². The molecule has 78 valence electrons.